The van der Waals surface area contributed by atoms with Crippen molar-refractivity contribution >= 4 is 27.5 Å². The molecule has 9 heteroatoms. The molecule has 1 aromatic heterocycles. The smallest absolute Gasteiger partial charge is 0.337 e. The van der Waals surface area contributed by atoms with Gasteiger partial charge in [-0.2, -0.15) is 4.31 Å². The molecule has 0 unspecified atom stereocenters. The third kappa shape index (κ3) is 2.83. The fourth-order valence-electron chi connectivity index (χ4n) is 2.13. The predicted molar refractivity (Wildman–Crippen MR) is 74.2 cm³/mol. The number of piperazine rings is 1. The molecule has 1 fully saturated rings. The van der Waals surface area contributed by atoms with E-state index in [0.717, 1.165) is 0 Å². The van der Waals surface area contributed by atoms with Crippen molar-refractivity contribution < 1.29 is 18.3 Å². The molecule has 1 aliphatic rings. The van der Waals surface area contributed by atoms with Gasteiger partial charge in [-0.05, 0) is 6.07 Å². The molecule has 0 atom stereocenters. The number of pyridine rings is 1. The highest BCUT2D eigenvalue weighted by Gasteiger charge is 2.26. The van der Waals surface area contributed by atoms with Gasteiger partial charge < -0.3 is 15.7 Å². The van der Waals surface area contributed by atoms with Gasteiger partial charge >= 0.3 is 5.97 Å². The van der Waals surface area contributed by atoms with Crippen molar-refractivity contribution in [3.8, 4) is 0 Å². The highest BCUT2D eigenvalue weighted by Crippen LogP contribution is 2.25. The number of carbonyl (C=O) groups is 1. The van der Waals surface area contributed by atoms with Crippen molar-refractivity contribution in [1.29, 1.82) is 0 Å². The van der Waals surface area contributed by atoms with Gasteiger partial charge in [-0.3, -0.25) is 0 Å². The summed E-state index contributed by atoms with van der Waals surface area (Å²) in [6, 6.07) is 1.34. The number of nitrogens with zero attached hydrogens (tertiary/aromatic N) is 3. The van der Waals surface area contributed by atoms with Crippen LogP contribution in [0.4, 0.5) is 11.5 Å². The molecule has 2 heterocycles. The third-order valence-electron chi connectivity index (χ3n) is 3.21. The predicted octanol–water partition coefficient (Wildman–Crippen LogP) is -0.556. The maximum atomic E-state index is 11.4. The number of carboxylic acids is 1. The quantitative estimate of drug-likeness (QED) is 0.768. The molecule has 0 saturated carbocycles. The minimum Gasteiger partial charge on any atom is -0.478 e. The minimum absolute atomic E-state index is 0.000502. The second-order valence-corrected chi connectivity index (χ2v) is 6.53. The number of aromatic carboxylic acids is 1. The molecule has 1 saturated heterocycles. The van der Waals surface area contributed by atoms with Crippen LogP contribution in [0.5, 0.6) is 0 Å². The number of carboxylic acid groups (broad SMARTS) is 1. The Morgan fingerprint density at radius 2 is 1.95 bits per heavy atom. The average molecular weight is 300 g/mol. The van der Waals surface area contributed by atoms with Crippen molar-refractivity contribution in [2.45, 2.75) is 0 Å². The highest BCUT2D eigenvalue weighted by atomic mass is 32.2. The van der Waals surface area contributed by atoms with Crippen molar-refractivity contribution in [2.75, 3.05) is 43.1 Å². The second kappa shape index (κ2) is 5.25. The molecule has 0 aromatic carbocycles. The molecule has 0 aliphatic carbocycles. The number of sulfonamides is 1. The monoisotopic (exact) mass is 300 g/mol. The molecular weight excluding hydrogens is 284 g/mol. The molecule has 0 spiro atoms. The normalized spacial score (nSPS) is 17.1. The molecule has 8 nitrogen and oxygen atoms in total. The first-order valence-corrected chi connectivity index (χ1v) is 7.83. The van der Waals surface area contributed by atoms with Gasteiger partial charge in [0.1, 0.15) is 0 Å². The van der Waals surface area contributed by atoms with Gasteiger partial charge in [0.05, 0.1) is 17.5 Å². The maximum Gasteiger partial charge on any atom is 0.337 e. The topological polar surface area (TPSA) is 117 Å². The lowest BCUT2D eigenvalue weighted by Crippen LogP contribution is -2.48. The Balaban J connectivity index is 2.19. The number of hydrogen-bond donors (Lipinski definition) is 2. The molecule has 0 amide bonds. The van der Waals surface area contributed by atoms with E-state index in [-0.39, 0.29) is 11.3 Å². The number of aromatic nitrogens is 1. The van der Waals surface area contributed by atoms with Gasteiger partial charge in [0.2, 0.25) is 10.0 Å². The molecule has 3 N–H and O–H groups in total. The number of nitrogens with two attached hydrogens (primary N) is 1. The maximum absolute atomic E-state index is 11.4. The summed E-state index contributed by atoms with van der Waals surface area (Å²) >= 11 is 0. The van der Waals surface area contributed by atoms with Gasteiger partial charge in [0.25, 0.3) is 0 Å². The van der Waals surface area contributed by atoms with Gasteiger partial charge in [-0.1, -0.05) is 0 Å². The SMILES string of the molecule is CS(=O)(=O)N1CCN(c2nccc(C(=O)O)c2N)CC1. The summed E-state index contributed by atoms with van der Waals surface area (Å²) in [5.41, 5.74) is 5.92. The van der Waals surface area contributed by atoms with Crippen molar-refractivity contribution in [3.63, 3.8) is 0 Å². The standard InChI is InChI=1S/C11H16N4O4S/c1-20(18,19)15-6-4-14(5-7-15)10-9(12)8(11(16)17)2-3-13-10/h2-3H,4-7,12H2,1H3,(H,16,17). The Bertz CT molecular complexity index is 623. The zero-order valence-electron chi connectivity index (χ0n) is 11.0. The van der Waals surface area contributed by atoms with Crippen LogP contribution >= 0.6 is 0 Å². The Kier molecular flexibility index (Phi) is 3.82. The van der Waals surface area contributed by atoms with Gasteiger partial charge in [-0.25, -0.2) is 18.2 Å². The van der Waals surface area contributed by atoms with E-state index in [1.807, 2.05) is 0 Å². The number of nitrogen functional groups attached to an aromatic ring is 1. The van der Waals surface area contributed by atoms with Crippen LogP contribution in [0.25, 0.3) is 0 Å². The van der Waals surface area contributed by atoms with Crippen molar-refractivity contribution in [1.82, 2.24) is 9.29 Å². The molecule has 2 rings (SSSR count). The van der Waals surface area contributed by atoms with E-state index in [2.05, 4.69) is 4.98 Å². The first kappa shape index (κ1) is 14.5. The zero-order valence-corrected chi connectivity index (χ0v) is 11.8. The van der Waals surface area contributed by atoms with Crippen LogP contribution in [-0.4, -0.2) is 61.2 Å². The molecule has 1 aromatic rings. The zero-order chi connectivity index (χ0) is 14.9. The van der Waals surface area contributed by atoms with E-state index in [1.165, 1.54) is 22.8 Å². The molecule has 0 bridgehead atoms. The first-order chi connectivity index (χ1) is 9.30. The highest BCUT2D eigenvalue weighted by molar-refractivity contribution is 7.88. The first-order valence-electron chi connectivity index (χ1n) is 5.98. The molecule has 0 radical (unpaired) electrons. The second-order valence-electron chi connectivity index (χ2n) is 4.55. The fraction of sp³-hybridized carbons (Fsp3) is 0.455. The van der Waals surface area contributed by atoms with Crippen LogP contribution in [0.15, 0.2) is 12.3 Å². The van der Waals surface area contributed by atoms with Gasteiger partial charge in [0.15, 0.2) is 5.82 Å². The van der Waals surface area contributed by atoms with Gasteiger partial charge in [0, 0.05) is 32.4 Å². The van der Waals surface area contributed by atoms with E-state index in [0.29, 0.717) is 32.0 Å². The Morgan fingerprint density at radius 1 is 1.35 bits per heavy atom. The summed E-state index contributed by atoms with van der Waals surface area (Å²) in [4.78, 5) is 16.9. The van der Waals surface area contributed by atoms with Crippen LogP contribution in [-0.2, 0) is 10.0 Å². The third-order valence-corrected chi connectivity index (χ3v) is 4.51. The Morgan fingerprint density at radius 3 is 2.45 bits per heavy atom. The Hall–Kier alpha value is -1.87. The van der Waals surface area contributed by atoms with Crippen molar-refractivity contribution in [2.24, 2.45) is 0 Å². The van der Waals surface area contributed by atoms with Crippen LogP contribution in [0.2, 0.25) is 0 Å². The van der Waals surface area contributed by atoms with E-state index >= 15 is 0 Å². The molecular formula is C11H16N4O4S. The summed E-state index contributed by atoms with van der Waals surface area (Å²) in [7, 11) is -3.20. The van der Waals surface area contributed by atoms with E-state index < -0.39 is 16.0 Å². The van der Waals surface area contributed by atoms with Gasteiger partial charge in [-0.15, -0.1) is 0 Å². The summed E-state index contributed by atoms with van der Waals surface area (Å²) in [6.45, 7) is 1.51. The molecule has 1 aliphatic heterocycles. The number of anilines is 2. The lowest BCUT2D eigenvalue weighted by Gasteiger charge is -2.34. The summed E-state index contributed by atoms with van der Waals surface area (Å²) < 4.78 is 24.2. The Labute approximate surface area is 116 Å². The summed E-state index contributed by atoms with van der Waals surface area (Å²) in [6.07, 6.45) is 2.55. The molecule has 20 heavy (non-hydrogen) atoms. The van der Waals surface area contributed by atoms with E-state index in [1.54, 1.807) is 4.90 Å². The lowest BCUT2D eigenvalue weighted by atomic mass is 10.2. The van der Waals surface area contributed by atoms with Crippen LogP contribution in [0.3, 0.4) is 0 Å². The minimum atomic E-state index is -3.20. The largest absolute Gasteiger partial charge is 0.478 e. The fourth-order valence-corrected chi connectivity index (χ4v) is 2.96. The lowest BCUT2D eigenvalue weighted by molar-refractivity contribution is 0.0698. The average Bonchev–Trinajstić information content (AvgIpc) is 2.38. The number of rotatable bonds is 3. The van der Waals surface area contributed by atoms with Crippen LogP contribution < -0.4 is 10.6 Å². The summed E-state index contributed by atoms with van der Waals surface area (Å²) in [5.74, 6) is -0.723. The van der Waals surface area contributed by atoms with Crippen molar-refractivity contribution in [3.05, 3.63) is 17.8 Å². The van der Waals surface area contributed by atoms with E-state index in [9.17, 15) is 13.2 Å². The summed E-state index contributed by atoms with van der Waals surface area (Å²) in [5, 5.41) is 9.02. The van der Waals surface area contributed by atoms with E-state index in [4.69, 9.17) is 10.8 Å². The van der Waals surface area contributed by atoms with Crippen LogP contribution in [0, 0.1) is 0 Å². The number of hydrogen-bond acceptors (Lipinski definition) is 6. The van der Waals surface area contributed by atoms with Crippen LogP contribution in [0.1, 0.15) is 10.4 Å². The molecule has 110 valence electrons.